The Morgan fingerprint density at radius 1 is 1.25 bits per heavy atom. The van der Waals surface area contributed by atoms with E-state index in [1.165, 1.54) is 5.56 Å². The molecule has 1 aromatic rings. The minimum Gasteiger partial charge on any atom is -0.346 e. The summed E-state index contributed by atoms with van der Waals surface area (Å²) in [5.41, 5.74) is 2.45. The quantitative estimate of drug-likeness (QED) is 0.841. The first kappa shape index (κ1) is 18.3. The summed E-state index contributed by atoms with van der Waals surface area (Å²) in [6.07, 6.45) is 2.48. The van der Waals surface area contributed by atoms with E-state index in [-0.39, 0.29) is 17.9 Å². The van der Waals surface area contributed by atoms with E-state index in [0.717, 1.165) is 24.9 Å². The third-order valence-electron chi connectivity index (χ3n) is 4.50. The van der Waals surface area contributed by atoms with Crippen LogP contribution in [0.5, 0.6) is 0 Å². The standard InChI is InChI=1S/C19H29N3O2/c1-14(2)10-16-6-4-5-7-17(16)13-21-19(24)20-12-15-8-9-22(3)18(23)11-15/h4-7,14-15H,8-13H2,1-3H3,(H2,20,21,24). The molecular weight excluding hydrogens is 302 g/mol. The van der Waals surface area contributed by atoms with Crippen LogP contribution in [0, 0.1) is 11.8 Å². The molecule has 1 aromatic carbocycles. The number of carbonyl (C=O) groups excluding carboxylic acids is 2. The Morgan fingerprint density at radius 2 is 1.96 bits per heavy atom. The number of nitrogens with one attached hydrogen (secondary N) is 2. The summed E-state index contributed by atoms with van der Waals surface area (Å²) in [7, 11) is 1.83. The highest BCUT2D eigenvalue weighted by atomic mass is 16.2. The van der Waals surface area contributed by atoms with Crippen LogP contribution in [0.3, 0.4) is 0 Å². The first-order chi connectivity index (χ1) is 11.5. The van der Waals surface area contributed by atoms with Crippen LogP contribution < -0.4 is 10.6 Å². The lowest BCUT2D eigenvalue weighted by molar-refractivity contribution is -0.133. The van der Waals surface area contributed by atoms with Crippen LogP contribution in [0.1, 0.15) is 37.8 Å². The highest BCUT2D eigenvalue weighted by Gasteiger charge is 2.23. The monoisotopic (exact) mass is 331 g/mol. The van der Waals surface area contributed by atoms with Gasteiger partial charge in [-0.1, -0.05) is 38.1 Å². The number of nitrogens with zero attached hydrogens (tertiary/aromatic N) is 1. The second-order valence-electron chi connectivity index (χ2n) is 7.10. The summed E-state index contributed by atoms with van der Waals surface area (Å²) < 4.78 is 0. The number of piperidine rings is 1. The number of hydrogen-bond acceptors (Lipinski definition) is 2. The molecule has 1 aliphatic heterocycles. The van der Waals surface area contributed by atoms with Crippen molar-refractivity contribution in [2.45, 2.75) is 39.7 Å². The number of carbonyl (C=O) groups is 2. The van der Waals surface area contributed by atoms with Crippen molar-refractivity contribution in [3.05, 3.63) is 35.4 Å². The van der Waals surface area contributed by atoms with Gasteiger partial charge in [0.1, 0.15) is 0 Å². The van der Waals surface area contributed by atoms with E-state index in [0.29, 0.717) is 25.4 Å². The third kappa shape index (κ3) is 5.55. The van der Waals surface area contributed by atoms with Crippen LogP contribution in [0.2, 0.25) is 0 Å². The van der Waals surface area contributed by atoms with Gasteiger partial charge in [-0.15, -0.1) is 0 Å². The third-order valence-corrected chi connectivity index (χ3v) is 4.50. The Morgan fingerprint density at radius 3 is 2.62 bits per heavy atom. The lowest BCUT2D eigenvalue weighted by Crippen LogP contribution is -2.42. The molecule has 2 N–H and O–H groups in total. The van der Waals surface area contributed by atoms with Crippen molar-refractivity contribution in [1.82, 2.24) is 15.5 Å². The summed E-state index contributed by atoms with van der Waals surface area (Å²) >= 11 is 0. The van der Waals surface area contributed by atoms with Crippen LogP contribution in [0.25, 0.3) is 0 Å². The van der Waals surface area contributed by atoms with Crippen molar-refractivity contribution in [2.75, 3.05) is 20.1 Å². The number of likely N-dealkylation sites (tertiary alicyclic amines) is 1. The van der Waals surface area contributed by atoms with Crippen molar-refractivity contribution in [3.8, 4) is 0 Å². The number of hydrogen-bond donors (Lipinski definition) is 2. The topological polar surface area (TPSA) is 61.4 Å². The lowest BCUT2D eigenvalue weighted by atomic mass is 9.96. The van der Waals surface area contributed by atoms with Crippen LogP contribution in [0.4, 0.5) is 4.79 Å². The fourth-order valence-corrected chi connectivity index (χ4v) is 3.02. The van der Waals surface area contributed by atoms with Crippen LogP contribution in [-0.4, -0.2) is 37.0 Å². The molecule has 5 heteroatoms. The molecule has 0 aromatic heterocycles. The first-order valence-electron chi connectivity index (χ1n) is 8.78. The molecule has 0 aliphatic carbocycles. The summed E-state index contributed by atoms with van der Waals surface area (Å²) in [6.45, 7) is 6.25. The summed E-state index contributed by atoms with van der Waals surface area (Å²) in [5, 5.41) is 5.82. The fourth-order valence-electron chi connectivity index (χ4n) is 3.02. The minimum atomic E-state index is -0.166. The molecule has 5 nitrogen and oxygen atoms in total. The smallest absolute Gasteiger partial charge is 0.315 e. The molecule has 1 saturated heterocycles. The van der Waals surface area contributed by atoms with Crippen molar-refractivity contribution in [2.24, 2.45) is 11.8 Å². The maximum atomic E-state index is 12.0. The lowest BCUT2D eigenvalue weighted by Gasteiger charge is -2.28. The van der Waals surface area contributed by atoms with Gasteiger partial charge in [0.2, 0.25) is 5.91 Å². The Labute approximate surface area is 144 Å². The Balaban J connectivity index is 1.76. The summed E-state index contributed by atoms with van der Waals surface area (Å²) in [5.74, 6) is 0.991. The van der Waals surface area contributed by atoms with Gasteiger partial charge in [0.25, 0.3) is 0 Å². The van der Waals surface area contributed by atoms with E-state index in [4.69, 9.17) is 0 Å². The minimum absolute atomic E-state index is 0.163. The van der Waals surface area contributed by atoms with Gasteiger partial charge in [0.05, 0.1) is 0 Å². The molecule has 1 atom stereocenters. The van der Waals surface area contributed by atoms with Gasteiger partial charge in [0, 0.05) is 33.1 Å². The molecule has 0 bridgehead atoms. The average Bonchev–Trinajstić information content (AvgIpc) is 2.54. The zero-order valence-corrected chi connectivity index (χ0v) is 15.0. The molecule has 0 radical (unpaired) electrons. The van der Waals surface area contributed by atoms with Crippen molar-refractivity contribution in [3.63, 3.8) is 0 Å². The second-order valence-corrected chi connectivity index (χ2v) is 7.10. The number of urea groups is 1. The van der Waals surface area contributed by atoms with Gasteiger partial charge in [0.15, 0.2) is 0 Å². The number of amides is 3. The van der Waals surface area contributed by atoms with Crippen molar-refractivity contribution in [1.29, 1.82) is 0 Å². The molecule has 1 heterocycles. The maximum absolute atomic E-state index is 12.0. The van der Waals surface area contributed by atoms with E-state index in [2.05, 4.69) is 36.6 Å². The Kier molecular flexibility index (Phi) is 6.64. The molecule has 2 rings (SSSR count). The van der Waals surface area contributed by atoms with Gasteiger partial charge in [-0.3, -0.25) is 4.79 Å². The number of benzene rings is 1. The molecule has 24 heavy (non-hydrogen) atoms. The zero-order chi connectivity index (χ0) is 17.5. The molecular formula is C19H29N3O2. The molecule has 132 valence electrons. The molecule has 3 amide bonds. The largest absolute Gasteiger partial charge is 0.346 e. The predicted molar refractivity (Wildman–Crippen MR) is 95.6 cm³/mol. The highest BCUT2D eigenvalue weighted by Crippen LogP contribution is 2.16. The van der Waals surface area contributed by atoms with Crippen molar-refractivity contribution >= 4 is 11.9 Å². The van der Waals surface area contributed by atoms with Gasteiger partial charge >= 0.3 is 6.03 Å². The normalized spacial score (nSPS) is 17.9. The maximum Gasteiger partial charge on any atom is 0.315 e. The fraction of sp³-hybridized carbons (Fsp3) is 0.579. The molecule has 1 fully saturated rings. The van der Waals surface area contributed by atoms with E-state index < -0.39 is 0 Å². The van der Waals surface area contributed by atoms with Gasteiger partial charge in [-0.2, -0.15) is 0 Å². The molecule has 1 unspecified atom stereocenters. The second kappa shape index (κ2) is 8.71. The highest BCUT2D eigenvalue weighted by molar-refractivity contribution is 5.77. The van der Waals surface area contributed by atoms with Crippen LogP contribution >= 0.6 is 0 Å². The van der Waals surface area contributed by atoms with Gasteiger partial charge in [-0.25, -0.2) is 4.79 Å². The molecule has 0 saturated carbocycles. The zero-order valence-electron chi connectivity index (χ0n) is 15.0. The van der Waals surface area contributed by atoms with Gasteiger partial charge in [-0.05, 0) is 35.8 Å². The predicted octanol–water partition coefficient (Wildman–Crippen LogP) is 2.55. The Hall–Kier alpha value is -2.04. The van der Waals surface area contributed by atoms with E-state index >= 15 is 0 Å². The Bertz CT molecular complexity index is 571. The first-order valence-corrected chi connectivity index (χ1v) is 8.78. The average molecular weight is 331 g/mol. The van der Waals surface area contributed by atoms with Crippen LogP contribution in [-0.2, 0) is 17.8 Å². The summed E-state index contributed by atoms with van der Waals surface area (Å²) in [6, 6.07) is 8.06. The van der Waals surface area contributed by atoms with E-state index in [1.54, 1.807) is 4.90 Å². The van der Waals surface area contributed by atoms with Gasteiger partial charge < -0.3 is 15.5 Å². The number of rotatable bonds is 6. The van der Waals surface area contributed by atoms with Crippen molar-refractivity contribution < 1.29 is 9.59 Å². The summed E-state index contributed by atoms with van der Waals surface area (Å²) in [4.78, 5) is 25.5. The molecule has 0 spiro atoms. The molecule has 1 aliphatic rings. The van der Waals surface area contributed by atoms with E-state index in [1.807, 2.05) is 19.2 Å². The van der Waals surface area contributed by atoms with E-state index in [9.17, 15) is 9.59 Å². The van der Waals surface area contributed by atoms with Crippen LogP contribution in [0.15, 0.2) is 24.3 Å². The SMILES string of the molecule is CC(C)Cc1ccccc1CNC(=O)NCC1CCN(C)C(=O)C1.